The van der Waals surface area contributed by atoms with Gasteiger partial charge in [-0.2, -0.15) is 41.3 Å². The van der Waals surface area contributed by atoms with E-state index in [2.05, 4.69) is 30.3 Å². The second kappa shape index (κ2) is 10.0. The molecule has 2 aromatic carbocycles. The second-order valence-electron chi connectivity index (χ2n) is 7.29. The van der Waals surface area contributed by atoms with Crippen molar-refractivity contribution in [3.63, 3.8) is 0 Å². The summed E-state index contributed by atoms with van der Waals surface area (Å²) in [6, 6.07) is 11.0. The maximum absolute atomic E-state index is 13.0. The van der Waals surface area contributed by atoms with Crippen molar-refractivity contribution in [2.75, 3.05) is 36.2 Å². The van der Waals surface area contributed by atoms with Gasteiger partial charge in [0.2, 0.25) is 11.9 Å². The number of anilines is 4. The van der Waals surface area contributed by atoms with Crippen LogP contribution in [-0.4, -0.2) is 41.8 Å². The number of alkyl halides is 6. The van der Waals surface area contributed by atoms with Crippen LogP contribution < -0.4 is 20.3 Å². The van der Waals surface area contributed by atoms with Gasteiger partial charge in [-0.15, -0.1) is 0 Å². The first kappa shape index (κ1) is 24.9. The average molecular weight is 486 g/mol. The summed E-state index contributed by atoms with van der Waals surface area (Å²) in [6.45, 7) is -1.43. The summed E-state index contributed by atoms with van der Waals surface area (Å²) in [5, 5.41) is 5.40. The molecule has 0 bridgehead atoms. The Labute approximate surface area is 190 Å². The van der Waals surface area contributed by atoms with Gasteiger partial charge in [0.25, 0.3) is 0 Å². The standard InChI is InChI=1S/C21H20F6N6O/c1-33(2)16-8-6-13(7-9-16)11-28-17-30-18(32-19(31-17)34-12-20(22,23)24)29-15-5-3-4-14(10-15)21(25,26)27/h3-10H,11-12H2,1-2H3,(H2,28,29,30,31,32). The molecule has 1 heterocycles. The molecular weight excluding hydrogens is 466 g/mol. The van der Waals surface area contributed by atoms with Gasteiger partial charge in [-0.05, 0) is 35.9 Å². The zero-order chi connectivity index (χ0) is 24.9. The number of ether oxygens (including phenoxy) is 1. The third kappa shape index (κ3) is 7.39. The second-order valence-corrected chi connectivity index (χ2v) is 7.29. The number of nitrogens with zero attached hydrogens (tertiary/aromatic N) is 4. The number of aromatic nitrogens is 3. The highest BCUT2D eigenvalue weighted by atomic mass is 19.4. The molecule has 0 saturated heterocycles. The molecule has 0 unspecified atom stereocenters. The summed E-state index contributed by atoms with van der Waals surface area (Å²) in [6.07, 6.45) is -9.21. The lowest BCUT2D eigenvalue weighted by molar-refractivity contribution is -0.154. The van der Waals surface area contributed by atoms with Crippen LogP contribution in [0.2, 0.25) is 0 Å². The molecule has 182 valence electrons. The van der Waals surface area contributed by atoms with Gasteiger partial charge in [0, 0.05) is 32.0 Å². The molecule has 7 nitrogen and oxygen atoms in total. The summed E-state index contributed by atoms with van der Waals surface area (Å²) < 4.78 is 81.2. The lowest BCUT2D eigenvalue weighted by Crippen LogP contribution is -2.21. The Hall–Kier alpha value is -3.77. The third-order valence-electron chi connectivity index (χ3n) is 4.33. The zero-order valence-corrected chi connectivity index (χ0v) is 18.0. The van der Waals surface area contributed by atoms with Crippen LogP contribution in [0.4, 0.5) is 49.6 Å². The molecule has 3 rings (SSSR count). The number of nitrogens with one attached hydrogen (secondary N) is 2. The minimum Gasteiger partial charge on any atom is -0.454 e. The molecule has 13 heteroatoms. The predicted octanol–water partition coefficient (Wildman–Crippen LogP) is 5.25. The topological polar surface area (TPSA) is 75.2 Å². The molecule has 0 aliphatic heterocycles. The fourth-order valence-electron chi connectivity index (χ4n) is 2.70. The molecule has 0 saturated carbocycles. The Kier molecular flexibility index (Phi) is 7.32. The van der Waals surface area contributed by atoms with Crippen molar-refractivity contribution in [3.05, 3.63) is 59.7 Å². The van der Waals surface area contributed by atoms with Crippen LogP contribution in [0.25, 0.3) is 0 Å². The van der Waals surface area contributed by atoms with E-state index in [0.717, 1.165) is 23.4 Å². The highest BCUT2D eigenvalue weighted by Crippen LogP contribution is 2.31. The summed E-state index contributed by atoms with van der Waals surface area (Å²) in [5.74, 6) is -0.421. The lowest BCUT2D eigenvalue weighted by Gasteiger charge is -2.14. The fraction of sp³-hybridized carbons (Fsp3) is 0.286. The SMILES string of the molecule is CN(C)c1ccc(CNc2nc(Nc3cccc(C(F)(F)F)c3)nc(OCC(F)(F)F)n2)cc1. The number of halogens is 6. The van der Waals surface area contributed by atoms with E-state index in [1.807, 2.05) is 43.3 Å². The molecule has 3 aromatic rings. The number of hydrogen-bond acceptors (Lipinski definition) is 7. The van der Waals surface area contributed by atoms with Crippen LogP contribution in [0.3, 0.4) is 0 Å². The highest BCUT2D eigenvalue weighted by Gasteiger charge is 2.31. The van der Waals surface area contributed by atoms with E-state index in [9.17, 15) is 26.3 Å². The summed E-state index contributed by atoms with van der Waals surface area (Å²) in [7, 11) is 3.78. The quantitative estimate of drug-likeness (QED) is 0.421. The van der Waals surface area contributed by atoms with Gasteiger partial charge in [-0.25, -0.2) is 0 Å². The summed E-state index contributed by atoms with van der Waals surface area (Å²) in [4.78, 5) is 13.5. The normalized spacial score (nSPS) is 11.8. The van der Waals surface area contributed by atoms with Crippen LogP contribution >= 0.6 is 0 Å². The van der Waals surface area contributed by atoms with Crippen molar-refractivity contribution in [2.24, 2.45) is 0 Å². The number of hydrogen-bond donors (Lipinski definition) is 2. The first-order valence-corrected chi connectivity index (χ1v) is 9.79. The van der Waals surface area contributed by atoms with Crippen molar-refractivity contribution in [3.8, 4) is 6.01 Å². The molecular formula is C21H20F6N6O. The van der Waals surface area contributed by atoms with E-state index in [4.69, 9.17) is 0 Å². The Morgan fingerprint density at radius 3 is 2.18 bits per heavy atom. The van der Waals surface area contributed by atoms with Crippen molar-refractivity contribution >= 4 is 23.3 Å². The maximum Gasteiger partial charge on any atom is 0.422 e. The highest BCUT2D eigenvalue weighted by molar-refractivity contribution is 5.56. The molecule has 0 atom stereocenters. The van der Waals surface area contributed by atoms with E-state index in [1.165, 1.54) is 12.1 Å². The van der Waals surface area contributed by atoms with Gasteiger partial charge in [-0.1, -0.05) is 18.2 Å². The third-order valence-corrected chi connectivity index (χ3v) is 4.33. The molecule has 0 fully saturated rings. The Morgan fingerprint density at radius 2 is 1.56 bits per heavy atom. The molecule has 0 aliphatic rings. The molecule has 0 aliphatic carbocycles. The fourth-order valence-corrected chi connectivity index (χ4v) is 2.70. The van der Waals surface area contributed by atoms with Gasteiger partial charge < -0.3 is 20.3 Å². The van der Waals surface area contributed by atoms with Crippen LogP contribution in [0.5, 0.6) is 6.01 Å². The molecule has 34 heavy (non-hydrogen) atoms. The Morgan fingerprint density at radius 1 is 0.882 bits per heavy atom. The van der Waals surface area contributed by atoms with Gasteiger partial charge in [0.05, 0.1) is 5.56 Å². The van der Waals surface area contributed by atoms with Crippen LogP contribution in [-0.2, 0) is 12.7 Å². The number of benzene rings is 2. The first-order chi connectivity index (χ1) is 15.9. The summed E-state index contributed by atoms with van der Waals surface area (Å²) >= 11 is 0. The van der Waals surface area contributed by atoms with Gasteiger partial charge in [-0.3, -0.25) is 0 Å². The van der Waals surface area contributed by atoms with Crippen LogP contribution in [0.15, 0.2) is 48.5 Å². The van der Waals surface area contributed by atoms with Gasteiger partial charge in [0.1, 0.15) is 0 Å². The largest absolute Gasteiger partial charge is 0.454 e. The van der Waals surface area contributed by atoms with Crippen molar-refractivity contribution in [1.82, 2.24) is 15.0 Å². The number of rotatable bonds is 8. The first-order valence-electron chi connectivity index (χ1n) is 9.79. The van der Waals surface area contributed by atoms with E-state index in [1.54, 1.807) is 0 Å². The zero-order valence-electron chi connectivity index (χ0n) is 18.0. The van der Waals surface area contributed by atoms with E-state index in [0.29, 0.717) is 0 Å². The van der Waals surface area contributed by atoms with E-state index >= 15 is 0 Å². The van der Waals surface area contributed by atoms with Gasteiger partial charge >= 0.3 is 18.4 Å². The van der Waals surface area contributed by atoms with Crippen molar-refractivity contribution < 1.29 is 31.1 Å². The molecule has 0 spiro atoms. The summed E-state index contributed by atoms with van der Waals surface area (Å²) in [5.41, 5.74) is 0.864. The van der Waals surface area contributed by atoms with Gasteiger partial charge in [0.15, 0.2) is 6.61 Å². The van der Waals surface area contributed by atoms with E-state index < -0.39 is 30.5 Å². The lowest BCUT2D eigenvalue weighted by atomic mass is 10.2. The van der Waals surface area contributed by atoms with E-state index in [-0.39, 0.29) is 24.1 Å². The minimum atomic E-state index is -4.64. The smallest absolute Gasteiger partial charge is 0.422 e. The van der Waals surface area contributed by atoms with Crippen molar-refractivity contribution in [1.29, 1.82) is 0 Å². The molecule has 2 N–H and O–H groups in total. The van der Waals surface area contributed by atoms with Crippen molar-refractivity contribution in [2.45, 2.75) is 18.9 Å². The van der Waals surface area contributed by atoms with Crippen LogP contribution in [0.1, 0.15) is 11.1 Å². The Bertz CT molecular complexity index is 1100. The monoisotopic (exact) mass is 486 g/mol. The maximum atomic E-state index is 13.0. The molecule has 0 amide bonds. The minimum absolute atomic E-state index is 0.0204. The Balaban J connectivity index is 1.81. The molecule has 0 radical (unpaired) electrons. The predicted molar refractivity (Wildman–Crippen MR) is 114 cm³/mol. The van der Waals surface area contributed by atoms with Crippen LogP contribution in [0, 0.1) is 0 Å². The average Bonchev–Trinajstić information content (AvgIpc) is 2.76. The molecule has 1 aromatic heterocycles.